The fourth-order valence-corrected chi connectivity index (χ4v) is 1.78. The Morgan fingerprint density at radius 2 is 0.962 bits per heavy atom. The van der Waals surface area contributed by atoms with Crippen LogP contribution in [0.15, 0.2) is 0 Å². The van der Waals surface area contributed by atoms with Crippen LogP contribution in [0.5, 0.6) is 0 Å². The van der Waals surface area contributed by atoms with Gasteiger partial charge in [-0.15, -0.1) is 0 Å². The summed E-state index contributed by atoms with van der Waals surface area (Å²) in [5.41, 5.74) is 13.2. The van der Waals surface area contributed by atoms with Gasteiger partial charge in [0.2, 0.25) is 0 Å². The summed E-state index contributed by atoms with van der Waals surface area (Å²) in [7, 11) is 9.78. The van der Waals surface area contributed by atoms with Crippen molar-refractivity contribution in [3.05, 3.63) is 11.5 Å². The van der Waals surface area contributed by atoms with Gasteiger partial charge in [-0.2, -0.15) is 0 Å². The molecule has 0 aliphatic rings. The molecule has 5 nitrogen and oxygen atoms in total. The molecule has 0 heterocycles. The molecule has 0 rings (SSSR count). The maximum atomic E-state index is 10.1. The van der Waals surface area contributed by atoms with Gasteiger partial charge in [0.15, 0.2) is 0 Å². The molecule has 8 heteroatoms. The number of unbranched alkanes of at least 4 members (excludes halogenated alkanes) is 8. The van der Waals surface area contributed by atoms with E-state index in [1.165, 1.54) is 38.5 Å². The zero-order chi connectivity index (χ0) is 21.1. The quantitative estimate of drug-likeness (QED) is 0.251. The van der Waals surface area contributed by atoms with E-state index in [0.717, 1.165) is 25.7 Å². The third-order valence-electron chi connectivity index (χ3n) is 3.01. The van der Waals surface area contributed by atoms with Crippen molar-refractivity contribution >= 4 is 30.4 Å². The summed E-state index contributed by atoms with van der Waals surface area (Å²) in [4.78, 5) is 20.3. The van der Waals surface area contributed by atoms with Crippen LogP contribution in [-0.2, 0) is 26.6 Å². The summed E-state index contributed by atoms with van der Waals surface area (Å²) in [6, 6.07) is 0. The Hall–Kier alpha value is 0.194. The van der Waals surface area contributed by atoms with E-state index in [0.29, 0.717) is 12.8 Å². The molecule has 26 heavy (non-hydrogen) atoms. The molecule has 0 radical (unpaired) electrons. The van der Waals surface area contributed by atoms with Crippen LogP contribution >= 0.6 is 18.6 Å². The normalized spacial score (nSPS) is 8.69. The molecule has 0 saturated heterocycles. The number of hydrogen-bond donors (Lipinski definition) is 1. The molecule has 158 valence electrons. The first-order valence-corrected chi connectivity index (χ1v) is 13.7. The predicted octanol–water partition coefficient (Wildman–Crippen LogP) is 7.23. The van der Waals surface area contributed by atoms with Crippen molar-refractivity contribution in [1.82, 2.24) is 0 Å². The van der Waals surface area contributed by atoms with Crippen LogP contribution in [0.1, 0.15) is 97.8 Å². The predicted molar refractivity (Wildman–Crippen MR) is 110 cm³/mol. The summed E-state index contributed by atoms with van der Waals surface area (Å²) >= 11 is -0.556. The number of carbonyl (C=O) groups is 2. The fourth-order valence-electron chi connectivity index (χ4n) is 1.78. The Balaban J connectivity index is -0.000000143. The average Bonchev–Trinajstić information content (AvgIpc) is 2.56. The molecule has 2 amide bonds. The number of nitrogens with one attached hydrogen (secondary N) is 2. The molecule has 0 saturated carbocycles. The van der Waals surface area contributed by atoms with Crippen molar-refractivity contribution in [2.24, 2.45) is 0 Å². The molecule has 0 aromatic heterocycles. The van der Waals surface area contributed by atoms with E-state index in [4.69, 9.17) is 35.2 Å². The van der Waals surface area contributed by atoms with Crippen molar-refractivity contribution in [3.8, 4) is 0 Å². The molecular formula is C18H38Cl2N2O3Ti-2. The Labute approximate surface area is 177 Å². The summed E-state index contributed by atoms with van der Waals surface area (Å²) in [5.74, 6) is -0.840. The van der Waals surface area contributed by atoms with Crippen molar-refractivity contribution in [1.29, 1.82) is 0 Å². The minimum atomic E-state index is -0.556. The summed E-state index contributed by atoms with van der Waals surface area (Å²) < 4.78 is 0. The van der Waals surface area contributed by atoms with Gasteiger partial charge in [0.1, 0.15) is 0 Å². The standard InChI is InChI=1S/2C8H17NO.C2H6O.2ClH.Ti/c2*1-2-3-4-5-6-7-8(9)10;1-2-3;;;/h2*2-7H2,1H3,(H2,9,10);3H,2H2,1H3;2*1H;/q;;;;;+2/p-4. The summed E-state index contributed by atoms with van der Waals surface area (Å²) in [6.45, 7) is 6.26. The number of rotatable bonds is 12. The average molecular weight is 449 g/mol. The molecule has 0 aromatic carbocycles. The molecular weight excluding hydrogens is 411 g/mol. The van der Waals surface area contributed by atoms with Crippen molar-refractivity contribution in [2.45, 2.75) is 97.8 Å². The first-order valence-electron chi connectivity index (χ1n) is 9.43. The molecule has 0 fully saturated rings. The van der Waals surface area contributed by atoms with Crippen LogP contribution in [0.3, 0.4) is 0 Å². The summed E-state index contributed by atoms with van der Waals surface area (Å²) in [5, 5.41) is 7.57. The van der Waals surface area contributed by atoms with Crippen molar-refractivity contribution in [2.75, 3.05) is 6.61 Å². The van der Waals surface area contributed by atoms with E-state index < -0.39 is 28.8 Å². The van der Waals surface area contributed by atoms with Crippen LogP contribution in [0.25, 0.3) is 11.5 Å². The van der Waals surface area contributed by atoms with Gasteiger partial charge in [0.25, 0.3) is 0 Å². The Morgan fingerprint density at radius 1 is 0.731 bits per heavy atom. The number of amides is 2. The Morgan fingerprint density at radius 3 is 1.15 bits per heavy atom. The first-order chi connectivity index (χ1) is 12.4. The zero-order valence-electron chi connectivity index (χ0n) is 16.7. The first kappa shape index (κ1) is 33.8. The fraction of sp³-hybridized carbons (Fsp3) is 0.889. The van der Waals surface area contributed by atoms with E-state index in [1.807, 2.05) is 0 Å². The van der Waals surface area contributed by atoms with Crippen LogP contribution in [0.2, 0.25) is 0 Å². The van der Waals surface area contributed by atoms with E-state index in [1.54, 1.807) is 6.92 Å². The second-order valence-electron chi connectivity index (χ2n) is 5.56. The van der Waals surface area contributed by atoms with Crippen LogP contribution < -0.4 is 0 Å². The monoisotopic (exact) mass is 448 g/mol. The third-order valence-corrected chi connectivity index (χ3v) is 3.01. The molecule has 0 unspecified atom stereocenters. The van der Waals surface area contributed by atoms with E-state index in [-0.39, 0.29) is 6.61 Å². The van der Waals surface area contributed by atoms with Crippen LogP contribution in [0, 0.1) is 0 Å². The Bertz CT molecular complexity index is 249. The van der Waals surface area contributed by atoms with Crippen molar-refractivity contribution in [3.63, 3.8) is 0 Å². The second-order valence-corrected chi connectivity index (χ2v) is 8.14. The molecule has 0 aromatic rings. The maximum absolute atomic E-state index is 10.1. The Kier molecular flexibility index (Phi) is 46.9. The SMILES string of the molecule is CCCCCCCC([NH-])=O.CCCCCCCC([NH-])=O.CCO.[Cl][Ti][Cl]. The molecule has 0 bridgehead atoms. The summed E-state index contributed by atoms with van der Waals surface area (Å²) in [6.07, 6.45) is 12.3. The van der Waals surface area contributed by atoms with E-state index >= 15 is 0 Å². The number of carbonyl (C=O) groups excluding carboxylic acids is 2. The van der Waals surface area contributed by atoms with Gasteiger partial charge in [-0.25, -0.2) is 0 Å². The number of halogens is 2. The van der Waals surface area contributed by atoms with Gasteiger partial charge >= 0.3 is 35.6 Å². The van der Waals surface area contributed by atoms with Gasteiger partial charge < -0.3 is 26.2 Å². The van der Waals surface area contributed by atoms with Crippen LogP contribution in [0.4, 0.5) is 0 Å². The van der Waals surface area contributed by atoms with Gasteiger partial charge in [-0.05, 0) is 32.6 Å². The number of hydrogen-bond acceptors (Lipinski definition) is 3. The molecule has 3 N–H and O–H groups in total. The number of aliphatic hydroxyl groups is 1. The topological polar surface area (TPSA) is 102 Å². The van der Waals surface area contributed by atoms with Crippen LogP contribution in [-0.4, -0.2) is 23.5 Å². The molecule has 0 aliphatic carbocycles. The van der Waals surface area contributed by atoms with E-state index in [9.17, 15) is 9.59 Å². The second kappa shape index (κ2) is 36.2. The molecule has 0 atom stereocenters. The minimum absolute atomic E-state index is 0.250. The molecule has 0 spiro atoms. The van der Waals surface area contributed by atoms with Gasteiger partial charge in [-0.1, -0.05) is 65.2 Å². The van der Waals surface area contributed by atoms with Gasteiger partial charge in [0, 0.05) is 18.4 Å². The van der Waals surface area contributed by atoms with E-state index in [2.05, 4.69) is 13.8 Å². The third kappa shape index (κ3) is 64.6. The molecule has 0 aliphatic heterocycles. The zero-order valence-corrected chi connectivity index (χ0v) is 19.8. The van der Waals surface area contributed by atoms with Gasteiger partial charge in [-0.3, -0.25) is 0 Å². The van der Waals surface area contributed by atoms with Gasteiger partial charge in [0.05, 0.1) is 0 Å². The van der Waals surface area contributed by atoms with Crippen molar-refractivity contribution < 1.29 is 31.7 Å². The number of aliphatic hydroxyl groups excluding tert-OH is 1.